The normalized spacial score (nSPS) is 29.1. The van der Waals surface area contributed by atoms with Crippen LogP contribution in [0.2, 0.25) is 0 Å². The third kappa shape index (κ3) is 4.70. The lowest BCUT2D eigenvalue weighted by Crippen LogP contribution is -2.52. The topological polar surface area (TPSA) is 91.0 Å². The number of hydrogen-bond donors (Lipinski definition) is 2. The molecule has 5 aliphatic rings. The maximum Gasteiger partial charge on any atom is 0.255 e. The van der Waals surface area contributed by atoms with Crippen LogP contribution in [0.3, 0.4) is 0 Å². The molecule has 0 aromatic heterocycles. The van der Waals surface area contributed by atoms with Crippen LogP contribution >= 0.6 is 0 Å². The number of nitrogens with one attached hydrogen (secondary N) is 2. The van der Waals surface area contributed by atoms with Gasteiger partial charge in [0, 0.05) is 48.4 Å². The zero-order valence-corrected chi connectivity index (χ0v) is 20.3. The summed E-state index contributed by atoms with van der Waals surface area (Å²) < 4.78 is 5.33. The van der Waals surface area contributed by atoms with E-state index in [0.29, 0.717) is 36.7 Å². The van der Waals surface area contributed by atoms with Gasteiger partial charge in [0.1, 0.15) is 6.04 Å². The lowest BCUT2D eigenvalue weighted by molar-refractivity contribution is -0.136. The van der Waals surface area contributed by atoms with Gasteiger partial charge < -0.3 is 19.9 Å². The first kappa shape index (κ1) is 23.0. The Balaban J connectivity index is 1.21. The van der Waals surface area contributed by atoms with Gasteiger partial charge in [0.25, 0.3) is 5.91 Å². The zero-order chi connectivity index (χ0) is 23.9. The molecular weight excluding hydrogens is 444 g/mol. The molecule has 8 heteroatoms. The Labute approximate surface area is 206 Å². The molecule has 2 aliphatic carbocycles. The van der Waals surface area contributed by atoms with E-state index >= 15 is 0 Å². The quantitative estimate of drug-likeness (QED) is 0.555. The Hall–Kier alpha value is -2.45. The summed E-state index contributed by atoms with van der Waals surface area (Å²) in [7, 11) is 0. The molecule has 3 amide bonds. The fourth-order valence-corrected chi connectivity index (χ4v) is 6.29. The van der Waals surface area contributed by atoms with Crippen molar-refractivity contribution in [3.8, 4) is 0 Å². The molecule has 1 aromatic rings. The number of carbonyl (C=O) groups excluding carboxylic acids is 3. The Bertz CT molecular complexity index is 997. The fraction of sp³-hybridized carbons (Fsp3) is 0.667. The second kappa shape index (κ2) is 9.54. The number of rotatable bonds is 8. The maximum absolute atomic E-state index is 13.4. The molecule has 0 spiro atoms. The number of piperidine rings is 1. The molecule has 0 radical (unpaired) electrons. The van der Waals surface area contributed by atoms with Gasteiger partial charge in [-0.05, 0) is 56.6 Å². The molecule has 3 heterocycles. The summed E-state index contributed by atoms with van der Waals surface area (Å²) in [6, 6.07) is 7.04. The Morgan fingerprint density at radius 3 is 2.49 bits per heavy atom. The minimum absolute atomic E-state index is 0.0888. The molecule has 2 N–H and O–H groups in total. The number of imide groups is 1. The molecule has 2 saturated heterocycles. The maximum atomic E-state index is 13.4. The van der Waals surface area contributed by atoms with Crippen molar-refractivity contribution in [2.75, 3.05) is 24.7 Å². The number of carbonyl (C=O) groups is 3. The zero-order valence-electron chi connectivity index (χ0n) is 20.3. The number of hydrogen-bond acceptors (Lipinski definition) is 6. The van der Waals surface area contributed by atoms with Crippen molar-refractivity contribution >= 4 is 23.4 Å². The van der Waals surface area contributed by atoms with Crippen LogP contribution in [0.15, 0.2) is 18.2 Å². The summed E-state index contributed by atoms with van der Waals surface area (Å²) in [6.07, 6.45) is 9.16. The second-order valence-corrected chi connectivity index (χ2v) is 11.0. The molecule has 35 heavy (non-hydrogen) atoms. The number of benzene rings is 1. The first-order chi connectivity index (χ1) is 17.1. The summed E-state index contributed by atoms with van der Waals surface area (Å²) in [6.45, 7) is 3.13. The van der Waals surface area contributed by atoms with E-state index in [4.69, 9.17) is 4.74 Å². The van der Waals surface area contributed by atoms with E-state index in [1.54, 1.807) is 4.90 Å². The van der Waals surface area contributed by atoms with Crippen molar-refractivity contribution in [2.45, 2.75) is 88.5 Å². The third-order valence-electron chi connectivity index (χ3n) is 8.59. The van der Waals surface area contributed by atoms with Crippen LogP contribution in [0.4, 0.5) is 5.69 Å². The minimum atomic E-state index is -0.572. The highest BCUT2D eigenvalue weighted by atomic mass is 16.5. The SMILES string of the molecule is O=C1CCC(N2Cc3c(cccc3N(CCC3CC3)C3CCC(NC4COC4)CC3)C2=O)C(=O)N1. The van der Waals surface area contributed by atoms with Crippen molar-refractivity contribution in [1.82, 2.24) is 15.5 Å². The highest BCUT2D eigenvalue weighted by Crippen LogP contribution is 2.39. The van der Waals surface area contributed by atoms with Crippen LogP contribution in [-0.2, 0) is 20.9 Å². The molecule has 2 saturated carbocycles. The van der Waals surface area contributed by atoms with Crippen molar-refractivity contribution in [2.24, 2.45) is 5.92 Å². The standard InChI is InChI=1S/C27H36N4O4/c32-25-11-10-24(26(33)29-25)31-14-22-21(27(31)34)2-1-3-23(22)30(13-12-17-4-5-17)20-8-6-18(7-9-20)28-19-15-35-16-19/h1-3,17-20,24,28H,4-16H2,(H,29,32,33). The van der Waals surface area contributed by atoms with Gasteiger partial charge in [0.05, 0.1) is 19.3 Å². The first-order valence-corrected chi connectivity index (χ1v) is 13.4. The van der Waals surface area contributed by atoms with E-state index < -0.39 is 6.04 Å². The van der Waals surface area contributed by atoms with Gasteiger partial charge >= 0.3 is 0 Å². The van der Waals surface area contributed by atoms with Gasteiger partial charge in [0.15, 0.2) is 0 Å². The Morgan fingerprint density at radius 2 is 1.80 bits per heavy atom. The van der Waals surface area contributed by atoms with Crippen molar-refractivity contribution in [3.05, 3.63) is 29.3 Å². The summed E-state index contributed by atoms with van der Waals surface area (Å²) in [5, 5.41) is 6.17. The molecule has 8 nitrogen and oxygen atoms in total. The molecule has 6 rings (SSSR count). The smallest absolute Gasteiger partial charge is 0.255 e. The van der Waals surface area contributed by atoms with Crippen LogP contribution in [0.1, 0.15) is 73.7 Å². The molecular formula is C27H36N4O4. The van der Waals surface area contributed by atoms with E-state index in [1.807, 2.05) is 12.1 Å². The van der Waals surface area contributed by atoms with Crippen molar-refractivity contribution < 1.29 is 19.1 Å². The molecule has 1 aromatic carbocycles. The van der Waals surface area contributed by atoms with Crippen LogP contribution < -0.4 is 15.5 Å². The average Bonchev–Trinajstić information content (AvgIpc) is 3.60. The van der Waals surface area contributed by atoms with Crippen LogP contribution in [-0.4, -0.2) is 66.5 Å². The molecule has 4 fully saturated rings. The number of nitrogens with zero attached hydrogens (tertiary/aromatic N) is 2. The number of fused-ring (bicyclic) bond motifs is 1. The molecule has 188 valence electrons. The highest BCUT2D eigenvalue weighted by molar-refractivity contribution is 6.06. The first-order valence-electron chi connectivity index (χ1n) is 13.4. The number of ether oxygens (including phenoxy) is 1. The summed E-state index contributed by atoms with van der Waals surface area (Å²) in [5.41, 5.74) is 2.92. The van der Waals surface area contributed by atoms with Crippen LogP contribution in [0, 0.1) is 5.92 Å². The Morgan fingerprint density at radius 1 is 1.00 bits per heavy atom. The van der Waals surface area contributed by atoms with Crippen molar-refractivity contribution in [3.63, 3.8) is 0 Å². The van der Waals surface area contributed by atoms with Gasteiger partial charge in [0.2, 0.25) is 11.8 Å². The molecule has 3 aliphatic heterocycles. The van der Waals surface area contributed by atoms with Crippen molar-refractivity contribution in [1.29, 1.82) is 0 Å². The summed E-state index contributed by atoms with van der Waals surface area (Å²) in [4.78, 5) is 41.8. The lowest BCUT2D eigenvalue weighted by Gasteiger charge is -2.41. The number of amides is 3. The summed E-state index contributed by atoms with van der Waals surface area (Å²) in [5.74, 6) is 0.149. The second-order valence-electron chi connectivity index (χ2n) is 11.0. The molecule has 1 atom stereocenters. The lowest BCUT2D eigenvalue weighted by atomic mass is 9.88. The van der Waals surface area contributed by atoms with E-state index in [0.717, 1.165) is 62.6 Å². The van der Waals surface area contributed by atoms with Gasteiger partial charge in [-0.15, -0.1) is 0 Å². The molecule has 0 bridgehead atoms. The fourth-order valence-electron chi connectivity index (χ4n) is 6.29. The van der Waals surface area contributed by atoms with E-state index in [1.165, 1.54) is 19.3 Å². The van der Waals surface area contributed by atoms with Crippen LogP contribution in [0.25, 0.3) is 0 Å². The van der Waals surface area contributed by atoms with Crippen LogP contribution in [0.5, 0.6) is 0 Å². The summed E-state index contributed by atoms with van der Waals surface area (Å²) >= 11 is 0. The average molecular weight is 481 g/mol. The highest BCUT2D eigenvalue weighted by Gasteiger charge is 2.41. The predicted molar refractivity (Wildman–Crippen MR) is 131 cm³/mol. The Kier molecular flexibility index (Phi) is 6.26. The van der Waals surface area contributed by atoms with Gasteiger partial charge in [-0.25, -0.2) is 0 Å². The van der Waals surface area contributed by atoms with Gasteiger partial charge in [-0.1, -0.05) is 18.9 Å². The van der Waals surface area contributed by atoms with E-state index in [2.05, 4.69) is 21.6 Å². The monoisotopic (exact) mass is 480 g/mol. The van der Waals surface area contributed by atoms with E-state index in [-0.39, 0.29) is 24.1 Å². The largest absolute Gasteiger partial charge is 0.378 e. The predicted octanol–water partition coefficient (Wildman–Crippen LogP) is 2.35. The van der Waals surface area contributed by atoms with Gasteiger partial charge in [-0.3, -0.25) is 19.7 Å². The minimum Gasteiger partial charge on any atom is -0.378 e. The number of anilines is 1. The van der Waals surface area contributed by atoms with E-state index in [9.17, 15) is 14.4 Å². The molecule has 1 unspecified atom stereocenters. The third-order valence-corrected chi connectivity index (χ3v) is 8.59. The van der Waals surface area contributed by atoms with Gasteiger partial charge in [-0.2, -0.15) is 0 Å².